The molecule has 1 atom stereocenters. The molecule has 3 nitrogen and oxygen atoms in total. The minimum Gasteiger partial charge on any atom is -0.481 e. The number of hydrogen-bond donors (Lipinski definition) is 1. The van der Waals surface area contributed by atoms with Crippen LogP contribution in [0.3, 0.4) is 0 Å². The van der Waals surface area contributed by atoms with Gasteiger partial charge in [0, 0.05) is 12.6 Å². The third-order valence-electron chi connectivity index (χ3n) is 4.10. The highest BCUT2D eigenvalue weighted by atomic mass is 16.4. The normalized spacial score (nSPS) is 21.2. The van der Waals surface area contributed by atoms with Gasteiger partial charge in [0.25, 0.3) is 0 Å². The van der Waals surface area contributed by atoms with Gasteiger partial charge in [0.05, 0.1) is 5.41 Å². The zero-order valence-corrected chi connectivity index (χ0v) is 10.8. The van der Waals surface area contributed by atoms with Crippen LogP contribution in [0.4, 0.5) is 0 Å². The highest BCUT2D eigenvalue weighted by Gasteiger charge is 2.35. The minimum atomic E-state index is -0.661. The van der Waals surface area contributed by atoms with E-state index in [-0.39, 0.29) is 0 Å². The monoisotopic (exact) mass is 227 g/mol. The topological polar surface area (TPSA) is 40.5 Å². The van der Waals surface area contributed by atoms with E-state index in [4.69, 9.17) is 0 Å². The molecule has 1 fully saturated rings. The van der Waals surface area contributed by atoms with Gasteiger partial charge in [-0.05, 0) is 32.7 Å². The molecule has 16 heavy (non-hydrogen) atoms. The van der Waals surface area contributed by atoms with Crippen molar-refractivity contribution in [1.29, 1.82) is 0 Å². The summed E-state index contributed by atoms with van der Waals surface area (Å²) in [7, 11) is 0. The van der Waals surface area contributed by atoms with Gasteiger partial charge in [0.1, 0.15) is 0 Å². The van der Waals surface area contributed by atoms with Crippen LogP contribution < -0.4 is 0 Å². The van der Waals surface area contributed by atoms with Crippen molar-refractivity contribution in [3.05, 3.63) is 0 Å². The molecule has 1 unspecified atom stereocenters. The summed E-state index contributed by atoms with van der Waals surface area (Å²) < 4.78 is 0. The van der Waals surface area contributed by atoms with Crippen molar-refractivity contribution >= 4 is 5.97 Å². The van der Waals surface area contributed by atoms with Gasteiger partial charge in [0.2, 0.25) is 0 Å². The van der Waals surface area contributed by atoms with Crippen molar-refractivity contribution in [3.8, 4) is 0 Å². The van der Waals surface area contributed by atoms with Crippen LogP contribution in [0.15, 0.2) is 0 Å². The molecule has 0 spiro atoms. The molecule has 1 rings (SSSR count). The molecule has 0 heterocycles. The van der Waals surface area contributed by atoms with E-state index >= 15 is 0 Å². The summed E-state index contributed by atoms with van der Waals surface area (Å²) in [6.45, 7) is 7.63. The number of carboxylic acid groups (broad SMARTS) is 1. The van der Waals surface area contributed by atoms with Gasteiger partial charge in [0.15, 0.2) is 0 Å². The van der Waals surface area contributed by atoms with Gasteiger partial charge in [-0.3, -0.25) is 9.69 Å². The molecule has 1 saturated carbocycles. The number of aliphatic carboxylic acids is 1. The highest BCUT2D eigenvalue weighted by molar-refractivity contribution is 5.74. The van der Waals surface area contributed by atoms with Crippen LogP contribution in [0.25, 0.3) is 0 Å². The Labute approximate surface area is 98.8 Å². The summed E-state index contributed by atoms with van der Waals surface area (Å²) >= 11 is 0. The molecular weight excluding hydrogens is 202 g/mol. The van der Waals surface area contributed by atoms with E-state index in [9.17, 15) is 9.90 Å². The van der Waals surface area contributed by atoms with Crippen LogP contribution in [-0.4, -0.2) is 35.1 Å². The highest BCUT2D eigenvalue weighted by Crippen LogP contribution is 2.29. The van der Waals surface area contributed by atoms with E-state index in [0.29, 0.717) is 19.0 Å². The van der Waals surface area contributed by atoms with Gasteiger partial charge in [-0.1, -0.05) is 26.7 Å². The van der Waals surface area contributed by atoms with Gasteiger partial charge in [-0.15, -0.1) is 0 Å². The molecule has 0 amide bonds. The Balaban J connectivity index is 2.63. The lowest BCUT2D eigenvalue weighted by Crippen LogP contribution is -2.44. The first-order valence-electron chi connectivity index (χ1n) is 6.51. The first kappa shape index (κ1) is 13.5. The molecule has 0 aromatic heterocycles. The molecule has 0 bridgehead atoms. The molecule has 94 valence electrons. The van der Waals surface area contributed by atoms with Crippen molar-refractivity contribution in [2.24, 2.45) is 5.41 Å². The Morgan fingerprint density at radius 3 is 2.31 bits per heavy atom. The summed E-state index contributed by atoms with van der Waals surface area (Å²) in [5.74, 6) is -0.661. The average Bonchev–Trinajstić information content (AvgIpc) is 2.78. The predicted molar refractivity (Wildman–Crippen MR) is 65.5 cm³/mol. The Morgan fingerprint density at radius 1 is 1.38 bits per heavy atom. The van der Waals surface area contributed by atoms with Crippen molar-refractivity contribution in [3.63, 3.8) is 0 Å². The first-order chi connectivity index (χ1) is 7.53. The molecule has 1 aliphatic rings. The van der Waals surface area contributed by atoms with Gasteiger partial charge in [-0.25, -0.2) is 0 Å². The Morgan fingerprint density at radius 2 is 1.94 bits per heavy atom. The largest absolute Gasteiger partial charge is 0.481 e. The molecule has 0 aromatic carbocycles. The lowest BCUT2D eigenvalue weighted by atomic mass is 9.86. The summed E-state index contributed by atoms with van der Waals surface area (Å²) in [5, 5.41) is 9.29. The van der Waals surface area contributed by atoms with Crippen LogP contribution in [0, 0.1) is 5.41 Å². The smallest absolute Gasteiger partial charge is 0.310 e. The third kappa shape index (κ3) is 2.97. The molecular formula is C13H25NO2. The van der Waals surface area contributed by atoms with Crippen molar-refractivity contribution < 1.29 is 9.90 Å². The lowest BCUT2D eigenvalue weighted by Gasteiger charge is -2.34. The summed E-state index contributed by atoms with van der Waals surface area (Å²) in [6.07, 6.45) is 5.79. The number of carbonyl (C=O) groups is 1. The fourth-order valence-electron chi connectivity index (χ4n) is 2.55. The van der Waals surface area contributed by atoms with Gasteiger partial charge >= 0.3 is 5.97 Å². The summed E-state index contributed by atoms with van der Waals surface area (Å²) in [5.41, 5.74) is -0.585. The predicted octanol–water partition coefficient (Wildman–Crippen LogP) is 2.75. The maximum atomic E-state index is 11.3. The van der Waals surface area contributed by atoms with Crippen molar-refractivity contribution in [2.45, 2.75) is 58.9 Å². The third-order valence-corrected chi connectivity index (χ3v) is 4.10. The molecule has 0 saturated heterocycles. The van der Waals surface area contributed by atoms with Crippen LogP contribution in [0.1, 0.15) is 52.9 Å². The summed E-state index contributed by atoms with van der Waals surface area (Å²) in [6, 6.07) is 0.621. The maximum Gasteiger partial charge on any atom is 0.310 e. The van der Waals surface area contributed by atoms with Gasteiger partial charge < -0.3 is 5.11 Å². The quantitative estimate of drug-likeness (QED) is 0.758. The van der Waals surface area contributed by atoms with Crippen molar-refractivity contribution in [2.75, 3.05) is 13.1 Å². The van der Waals surface area contributed by atoms with Gasteiger partial charge in [-0.2, -0.15) is 0 Å². The van der Waals surface area contributed by atoms with E-state index in [2.05, 4.69) is 11.8 Å². The standard InChI is InChI=1S/C13H25NO2/c1-4-13(3,12(15)16)10-14(5-2)11-8-6-7-9-11/h11H,4-10H2,1-3H3,(H,15,16). The molecule has 3 heteroatoms. The number of rotatable bonds is 6. The molecule has 1 N–H and O–H groups in total. The number of carboxylic acids is 1. The number of nitrogens with zero attached hydrogens (tertiary/aromatic N) is 1. The van der Waals surface area contributed by atoms with E-state index in [1.54, 1.807) is 0 Å². The Hall–Kier alpha value is -0.570. The average molecular weight is 227 g/mol. The van der Waals surface area contributed by atoms with Crippen LogP contribution in [-0.2, 0) is 4.79 Å². The molecule has 1 aliphatic carbocycles. The Bertz CT molecular complexity index is 236. The summed E-state index contributed by atoms with van der Waals surface area (Å²) in [4.78, 5) is 13.7. The lowest BCUT2D eigenvalue weighted by molar-refractivity contribution is -0.149. The van der Waals surface area contributed by atoms with E-state index < -0.39 is 11.4 Å². The first-order valence-corrected chi connectivity index (χ1v) is 6.51. The van der Waals surface area contributed by atoms with Crippen LogP contribution in [0.2, 0.25) is 0 Å². The molecule has 0 aliphatic heterocycles. The van der Waals surface area contributed by atoms with E-state index in [1.807, 2.05) is 13.8 Å². The number of hydrogen-bond acceptors (Lipinski definition) is 2. The van der Waals surface area contributed by atoms with E-state index in [1.165, 1.54) is 25.7 Å². The zero-order valence-electron chi connectivity index (χ0n) is 10.8. The van der Waals surface area contributed by atoms with Crippen molar-refractivity contribution in [1.82, 2.24) is 4.90 Å². The molecule has 0 aromatic rings. The SMILES string of the molecule is CCN(CC(C)(CC)C(=O)O)C1CCCC1. The fraction of sp³-hybridized carbons (Fsp3) is 0.923. The minimum absolute atomic E-state index is 0.585. The van der Waals surface area contributed by atoms with Crippen LogP contribution in [0.5, 0.6) is 0 Å². The molecule has 0 radical (unpaired) electrons. The Kier molecular flexibility index (Phi) is 4.78. The second-order valence-electron chi connectivity index (χ2n) is 5.22. The zero-order chi connectivity index (χ0) is 12.2. The fourth-order valence-corrected chi connectivity index (χ4v) is 2.55. The second kappa shape index (κ2) is 5.67. The maximum absolute atomic E-state index is 11.3. The van der Waals surface area contributed by atoms with E-state index in [0.717, 1.165) is 6.54 Å². The van der Waals surface area contributed by atoms with Crippen LogP contribution >= 0.6 is 0 Å². The second-order valence-corrected chi connectivity index (χ2v) is 5.22.